The van der Waals surface area contributed by atoms with E-state index in [4.69, 9.17) is 14.2 Å². The quantitative estimate of drug-likeness (QED) is 0.326. The van der Waals surface area contributed by atoms with E-state index >= 15 is 4.39 Å². The molecule has 1 saturated carbocycles. The number of ether oxygens (including phenoxy) is 3. The summed E-state index contributed by atoms with van der Waals surface area (Å²) in [6, 6.07) is 2.94. The van der Waals surface area contributed by atoms with Crippen molar-refractivity contribution in [3.8, 4) is 17.0 Å². The van der Waals surface area contributed by atoms with Gasteiger partial charge in [-0.1, -0.05) is 0 Å². The number of hydrogen-bond donors (Lipinski definition) is 4. The van der Waals surface area contributed by atoms with Crippen molar-refractivity contribution in [3.05, 3.63) is 35.9 Å². The Kier molecular flexibility index (Phi) is 7.49. The van der Waals surface area contributed by atoms with Crippen LogP contribution >= 0.6 is 0 Å². The fourth-order valence-electron chi connectivity index (χ4n) is 4.72. The lowest BCUT2D eigenvalue weighted by Crippen LogP contribution is -2.41. The highest BCUT2D eigenvalue weighted by molar-refractivity contribution is 6.04. The summed E-state index contributed by atoms with van der Waals surface area (Å²) < 4.78 is 32.4. The molecule has 1 aliphatic carbocycles. The van der Waals surface area contributed by atoms with Gasteiger partial charge < -0.3 is 24.4 Å². The molecule has 2 atom stereocenters. The topological polar surface area (TPSA) is 172 Å². The number of aliphatic hydroxyl groups is 1. The summed E-state index contributed by atoms with van der Waals surface area (Å²) >= 11 is 0. The molecule has 2 aliphatic rings. The number of carboxylic acid groups (broad SMARTS) is 1. The summed E-state index contributed by atoms with van der Waals surface area (Å²) in [5, 5.41) is 25.0. The Hall–Kier alpha value is -4.72. The second kappa shape index (κ2) is 10.9. The zero-order chi connectivity index (χ0) is 30.3. The van der Waals surface area contributed by atoms with Crippen LogP contribution in [0.15, 0.2) is 24.5 Å². The summed E-state index contributed by atoms with van der Waals surface area (Å²) in [5.41, 5.74) is -0.281. The first kappa shape index (κ1) is 28.8. The predicted octanol–water partition coefficient (Wildman–Crippen LogP) is 5.04. The fraction of sp³-hybridized carbons (Fsp3) is 0.393. The van der Waals surface area contributed by atoms with Gasteiger partial charge in [-0.05, 0) is 63.6 Å². The van der Waals surface area contributed by atoms with Crippen LogP contribution in [-0.2, 0) is 9.47 Å². The summed E-state index contributed by atoms with van der Waals surface area (Å²) in [4.78, 5) is 46.5. The molecule has 222 valence electrons. The molecule has 42 heavy (non-hydrogen) atoms. The second-order valence-corrected chi connectivity index (χ2v) is 11.0. The third kappa shape index (κ3) is 5.70. The van der Waals surface area contributed by atoms with Crippen molar-refractivity contribution in [2.24, 2.45) is 0 Å². The number of pyridine rings is 2. The molecule has 0 radical (unpaired) electrons. The number of aliphatic hydroxyl groups excluding tert-OH is 1. The Bertz CT molecular complexity index is 1590. The van der Waals surface area contributed by atoms with E-state index < -0.39 is 41.9 Å². The van der Waals surface area contributed by atoms with Crippen molar-refractivity contribution in [2.45, 2.75) is 58.3 Å². The van der Waals surface area contributed by atoms with Crippen LogP contribution in [0.5, 0.6) is 5.88 Å². The maximum atomic E-state index is 16.3. The van der Waals surface area contributed by atoms with Gasteiger partial charge in [0.15, 0.2) is 5.82 Å². The summed E-state index contributed by atoms with van der Waals surface area (Å²) in [6.45, 7) is 6.79. The average molecular weight is 584 g/mol. The van der Waals surface area contributed by atoms with E-state index in [0.29, 0.717) is 23.8 Å². The molecule has 0 spiro atoms. The molecule has 3 aromatic rings. The van der Waals surface area contributed by atoms with Crippen LogP contribution in [-0.4, -0.2) is 69.4 Å². The highest BCUT2D eigenvalue weighted by Crippen LogP contribution is 2.42. The van der Waals surface area contributed by atoms with Crippen LogP contribution in [0.3, 0.4) is 0 Å². The van der Waals surface area contributed by atoms with Gasteiger partial charge in [0.2, 0.25) is 5.88 Å². The summed E-state index contributed by atoms with van der Waals surface area (Å²) in [5.74, 6) is -0.658. The van der Waals surface area contributed by atoms with Crippen molar-refractivity contribution >= 4 is 46.2 Å². The first-order chi connectivity index (χ1) is 19.8. The molecule has 0 bridgehead atoms. The number of halogens is 1. The monoisotopic (exact) mass is 583 g/mol. The van der Waals surface area contributed by atoms with E-state index in [2.05, 4.69) is 20.6 Å². The average Bonchev–Trinajstić information content (AvgIpc) is 2.91. The molecule has 13 nitrogen and oxygen atoms in total. The van der Waals surface area contributed by atoms with Gasteiger partial charge in [0.1, 0.15) is 29.8 Å². The van der Waals surface area contributed by atoms with Gasteiger partial charge in [0, 0.05) is 28.9 Å². The normalized spacial score (nSPS) is 17.9. The number of aromatic nitrogens is 2. The minimum absolute atomic E-state index is 0.00501. The van der Waals surface area contributed by atoms with Crippen molar-refractivity contribution in [1.82, 2.24) is 9.97 Å². The molecule has 1 aromatic carbocycles. The van der Waals surface area contributed by atoms with Gasteiger partial charge in [-0.3, -0.25) is 15.5 Å². The molecule has 5 rings (SSSR count). The molecule has 3 amide bonds. The number of rotatable bonds is 4. The third-order valence-electron chi connectivity index (χ3n) is 6.87. The van der Waals surface area contributed by atoms with E-state index in [1.165, 1.54) is 24.5 Å². The van der Waals surface area contributed by atoms with Gasteiger partial charge >= 0.3 is 18.3 Å². The highest BCUT2D eigenvalue weighted by atomic mass is 19.1. The van der Waals surface area contributed by atoms with E-state index in [1.807, 2.05) is 0 Å². The van der Waals surface area contributed by atoms with Crippen LogP contribution in [0.4, 0.5) is 36.0 Å². The van der Waals surface area contributed by atoms with Crippen LogP contribution in [0, 0.1) is 12.7 Å². The molecule has 2 aromatic heterocycles. The number of nitrogens with one attached hydrogen (secondary N) is 2. The van der Waals surface area contributed by atoms with Crippen molar-refractivity contribution in [1.29, 1.82) is 0 Å². The first-order valence-electron chi connectivity index (χ1n) is 13.2. The summed E-state index contributed by atoms with van der Waals surface area (Å²) in [6.07, 6.45) is -0.534. The van der Waals surface area contributed by atoms with Crippen molar-refractivity contribution < 1.29 is 43.2 Å². The lowest BCUT2D eigenvalue weighted by atomic mass is 9.92. The lowest BCUT2D eigenvalue weighted by Gasteiger charge is -2.31. The zero-order valence-corrected chi connectivity index (χ0v) is 23.4. The molecular formula is C28H30FN5O8. The molecule has 3 heterocycles. The largest absolute Gasteiger partial charge is 0.474 e. The van der Waals surface area contributed by atoms with Gasteiger partial charge in [-0.25, -0.2) is 28.7 Å². The van der Waals surface area contributed by atoms with Gasteiger partial charge in [-0.15, -0.1) is 0 Å². The fourth-order valence-corrected chi connectivity index (χ4v) is 4.72. The molecule has 14 heteroatoms. The number of carbonyl (C=O) groups excluding carboxylic acids is 2. The number of amides is 3. The van der Waals surface area contributed by atoms with Crippen molar-refractivity contribution in [3.63, 3.8) is 0 Å². The smallest absolute Gasteiger partial charge is 0.413 e. The summed E-state index contributed by atoms with van der Waals surface area (Å²) in [7, 11) is 0. The minimum Gasteiger partial charge on any atom is -0.474 e. The first-order valence-corrected chi connectivity index (χ1v) is 13.2. The lowest BCUT2D eigenvalue weighted by molar-refractivity contribution is -0.0561. The van der Waals surface area contributed by atoms with E-state index in [1.54, 1.807) is 27.7 Å². The predicted molar refractivity (Wildman–Crippen MR) is 150 cm³/mol. The SMILES string of the molecule is Cc1c(-c2cc3cc(NC(=O)O[C@H]4CC[C@@H]4O)ncc3c(NC(=O)OC(C)(C)C)c2F)cnc2c1N(C(=O)O)CCO2. The third-order valence-corrected chi connectivity index (χ3v) is 6.87. The van der Waals surface area contributed by atoms with Crippen LogP contribution in [0.1, 0.15) is 39.2 Å². The van der Waals surface area contributed by atoms with Crippen LogP contribution in [0.25, 0.3) is 21.9 Å². The van der Waals surface area contributed by atoms with Gasteiger partial charge in [0.05, 0.1) is 18.3 Å². The van der Waals surface area contributed by atoms with Crippen LogP contribution < -0.4 is 20.3 Å². The highest BCUT2D eigenvalue weighted by Gasteiger charge is 2.33. The maximum Gasteiger partial charge on any atom is 0.413 e. The molecule has 0 saturated heterocycles. The maximum absolute atomic E-state index is 16.3. The Morgan fingerprint density at radius 2 is 1.86 bits per heavy atom. The number of carbonyl (C=O) groups is 3. The zero-order valence-electron chi connectivity index (χ0n) is 23.4. The van der Waals surface area contributed by atoms with Gasteiger partial charge in [0.25, 0.3) is 0 Å². The molecular weight excluding hydrogens is 553 g/mol. The number of fused-ring (bicyclic) bond motifs is 2. The Labute approximate surface area is 239 Å². The Balaban J connectivity index is 1.60. The molecule has 1 fully saturated rings. The number of hydrogen-bond acceptors (Lipinski definition) is 9. The minimum atomic E-state index is -1.21. The number of anilines is 3. The standard InChI is InChI=1S/C28H30FN5O8/c1-13-16(11-31-24-23(13)34(27(38)39)7-8-40-24)15-9-14-10-20(32-25(36)41-19-6-5-18(19)35)30-12-17(14)22(21(15)29)33-26(37)42-28(2,3)4/h9-12,18-19,35H,5-8H2,1-4H3,(H,33,37)(H,38,39)(H,30,32,36)/t18-,19-/m0/s1. The Morgan fingerprint density at radius 1 is 1.10 bits per heavy atom. The molecule has 0 unspecified atom stereocenters. The molecule has 4 N–H and O–H groups in total. The van der Waals surface area contributed by atoms with E-state index in [-0.39, 0.29) is 52.7 Å². The number of nitrogens with zero attached hydrogens (tertiary/aromatic N) is 3. The van der Waals surface area contributed by atoms with E-state index in [9.17, 15) is 24.6 Å². The van der Waals surface area contributed by atoms with E-state index in [0.717, 1.165) is 4.90 Å². The molecule has 1 aliphatic heterocycles. The van der Waals surface area contributed by atoms with Crippen LogP contribution in [0.2, 0.25) is 0 Å². The second-order valence-electron chi connectivity index (χ2n) is 11.0. The van der Waals surface area contributed by atoms with Crippen molar-refractivity contribution in [2.75, 3.05) is 28.7 Å². The van der Waals surface area contributed by atoms with Gasteiger partial charge in [-0.2, -0.15) is 0 Å². The number of benzene rings is 1. The Morgan fingerprint density at radius 3 is 2.50 bits per heavy atom.